The van der Waals surface area contributed by atoms with Crippen molar-refractivity contribution in [2.75, 3.05) is 13.1 Å². The minimum atomic E-state index is -3.38. The first-order valence-corrected chi connectivity index (χ1v) is 10.6. The standard InChI is InChI=1S/C16H17BrN2O2S2/c17-15-6-2-1-5-13(15)12-22-16-8-7-14(11-18-16)23(20,21)19-9-3-4-10-19/h1-2,5-8,11H,3-4,9-10,12H2. The number of rotatable bonds is 5. The van der Waals surface area contributed by atoms with Crippen molar-refractivity contribution in [1.29, 1.82) is 0 Å². The molecule has 1 saturated heterocycles. The molecule has 3 rings (SSSR count). The van der Waals surface area contributed by atoms with Crippen LogP contribution in [-0.4, -0.2) is 30.8 Å². The second-order valence-electron chi connectivity index (χ2n) is 5.32. The summed E-state index contributed by atoms with van der Waals surface area (Å²) in [5.74, 6) is 0.784. The highest BCUT2D eigenvalue weighted by Gasteiger charge is 2.27. The number of nitrogens with zero attached hydrogens (tertiary/aromatic N) is 2. The molecule has 0 amide bonds. The lowest BCUT2D eigenvalue weighted by Crippen LogP contribution is -2.27. The fourth-order valence-electron chi connectivity index (χ4n) is 2.45. The van der Waals surface area contributed by atoms with Gasteiger partial charge in [-0.1, -0.05) is 34.1 Å². The van der Waals surface area contributed by atoms with E-state index in [0.29, 0.717) is 13.1 Å². The number of benzene rings is 1. The highest BCUT2D eigenvalue weighted by molar-refractivity contribution is 9.10. The molecule has 4 nitrogen and oxygen atoms in total. The van der Waals surface area contributed by atoms with E-state index in [4.69, 9.17) is 0 Å². The largest absolute Gasteiger partial charge is 0.249 e. The van der Waals surface area contributed by atoms with Crippen LogP contribution in [0.3, 0.4) is 0 Å². The SMILES string of the molecule is O=S(=O)(c1ccc(SCc2ccccc2Br)nc1)N1CCCC1. The zero-order valence-electron chi connectivity index (χ0n) is 12.5. The third-order valence-corrected chi connectivity index (χ3v) is 7.39. The van der Waals surface area contributed by atoms with E-state index in [1.165, 1.54) is 16.1 Å². The molecule has 1 aliphatic rings. The third kappa shape index (κ3) is 3.96. The molecule has 1 aromatic carbocycles. The van der Waals surface area contributed by atoms with Crippen LogP contribution in [0.1, 0.15) is 18.4 Å². The molecule has 1 fully saturated rings. The molecule has 122 valence electrons. The summed E-state index contributed by atoms with van der Waals surface area (Å²) in [6, 6.07) is 11.5. The van der Waals surface area contributed by atoms with E-state index in [1.807, 2.05) is 18.2 Å². The molecule has 0 unspecified atom stereocenters. The fourth-order valence-corrected chi connectivity index (χ4v) is 5.37. The predicted octanol–water partition coefficient (Wildman–Crippen LogP) is 3.92. The van der Waals surface area contributed by atoms with Gasteiger partial charge in [-0.3, -0.25) is 0 Å². The predicted molar refractivity (Wildman–Crippen MR) is 95.9 cm³/mol. The van der Waals surface area contributed by atoms with Crippen molar-refractivity contribution in [3.63, 3.8) is 0 Å². The first kappa shape index (κ1) is 17.0. The number of halogens is 1. The molecule has 2 heterocycles. The van der Waals surface area contributed by atoms with E-state index < -0.39 is 10.0 Å². The van der Waals surface area contributed by atoms with Gasteiger partial charge in [0.15, 0.2) is 0 Å². The van der Waals surface area contributed by atoms with Crippen molar-refractivity contribution in [2.45, 2.75) is 28.5 Å². The number of thioether (sulfide) groups is 1. The Hall–Kier alpha value is -0.890. The van der Waals surface area contributed by atoms with Gasteiger partial charge in [0.2, 0.25) is 10.0 Å². The van der Waals surface area contributed by atoms with Gasteiger partial charge in [-0.15, -0.1) is 11.8 Å². The zero-order chi connectivity index (χ0) is 16.3. The second-order valence-corrected chi connectivity index (χ2v) is 9.11. The van der Waals surface area contributed by atoms with Crippen LogP contribution in [0.25, 0.3) is 0 Å². The third-order valence-electron chi connectivity index (χ3n) is 3.75. The fraction of sp³-hybridized carbons (Fsp3) is 0.312. The number of hydrogen-bond donors (Lipinski definition) is 0. The Bertz CT molecular complexity index is 773. The van der Waals surface area contributed by atoms with Crippen molar-refractivity contribution in [2.24, 2.45) is 0 Å². The number of hydrogen-bond acceptors (Lipinski definition) is 4. The molecule has 0 bridgehead atoms. The molecule has 0 spiro atoms. The highest BCUT2D eigenvalue weighted by Crippen LogP contribution is 2.27. The first-order chi connectivity index (χ1) is 11.1. The van der Waals surface area contributed by atoms with Crippen LogP contribution in [0.15, 0.2) is 57.0 Å². The van der Waals surface area contributed by atoms with Crippen LogP contribution in [-0.2, 0) is 15.8 Å². The van der Waals surface area contributed by atoms with E-state index in [2.05, 4.69) is 27.0 Å². The zero-order valence-corrected chi connectivity index (χ0v) is 15.7. The van der Waals surface area contributed by atoms with Gasteiger partial charge in [-0.2, -0.15) is 4.31 Å². The minimum absolute atomic E-state index is 0.282. The number of aromatic nitrogens is 1. The summed E-state index contributed by atoms with van der Waals surface area (Å²) in [6.07, 6.45) is 3.34. The molecule has 0 aliphatic carbocycles. The van der Waals surface area contributed by atoms with Crippen LogP contribution < -0.4 is 0 Å². The number of sulfonamides is 1. The topological polar surface area (TPSA) is 50.3 Å². The quantitative estimate of drug-likeness (QED) is 0.698. The van der Waals surface area contributed by atoms with Gasteiger partial charge in [0.25, 0.3) is 0 Å². The molecule has 1 aromatic heterocycles. The molecule has 0 radical (unpaired) electrons. The van der Waals surface area contributed by atoms with Gasteiger partial charge in [-0.25, -0.2) is 13.4 Å². The van der Waals surface area contributed by atoms with Gasteiger partial charge >= 0.3 is 0 Å². The van der Waals surface area contributed by atoms with Crippen LogP contribution in [0.5, 0.6) is 0 Å². The van der Waals surface area contributed by atoms with Crippen molar-refractivity contribution >= 4 is 37.7 Å². The van der Waals surface area contributed by atoms with Crippen molar-refractivity contribution in [3.8, 4) is 0 Å². The summed E-state index contributed by atoms with van der Waals surface area (Å²) in [6.45, 7) is 1.22. The molecule has 23 heavy (non-hydrogen) atoms. The number of pyridine rings is 1. The van der Waals surface area contributed by atoms with Crippen molar-refractivity contribution in [3.05, 3.63) is 52.6 Å². The monoisotopic (exact) mass is 412 g/mol. The maximum atomic E-state index is 12.4. The molecular formula is C16H17BrN2O2S2. The smallest absolute Gasteiger partial charge is 0.244 e. The Kier molecular flexibility index (Phi) is 5.41. The van der Waals surface area contributed by atoms with Crippen LogP contribution in [0, 0.1) is 0 Å². The van der Waals surface area contributed by atoms with Gasteiger partial charge in [0.1, 0.15) is 4.90 Å². The average Bonchev–Trinajstić information content (AvgIpc) is 3.10. The summed E-state index contributed by atoms with van der Waals surface area (Å²) in [4.78, 5) is 4.59. The van der Waals surface area contributed by atoms with Gasteiger partial charge in [0, 0.05) is 29.5 Å². The van der Waals surface area contributed by atoms with E-state index in [-0.39, 0.29) is 4.90 Å². The van der Waals surface area contributed by atoms with Crippen molar-refractivity contribution < 1.29 is 8.42 Å². The van der Waals surface area contributed by atoms with Gasteiger partial charge in [0.05, 0.1) is 5.03 Å². The van der Waals surface area contributed by atoms with E-state index in [9.17, 15) is 8.42 Å². The molecule has 7 heteroatoms. The molecule has 0 saturated carbocycles. The summed E-state index contributed by atoms with van der Waals surface area (Å²) >= 11 is 5.12. The Morgan fingerprint density at radius 3 is 2.52 bits per heavy atom. The lowest BCUT2D eigenvalue weighted by Gasteiger charge is -2.15. The molecule has 0 N–H and O–H groups in total. The summed E-state index contributed by atoms with van der Waals surface area (Å²) in [7, 11) is -3.38. The highest BCUT2D eigenvalue weighted by atomic mass is 79.9. The normalized spacial score (nSPS) is 15.9. The maximum absolute atomic E-state index is 12.4. The van der Waals surface area contributed by atoms with E-state index in [1.54, 1.807) is 23.9 Å². The van der Waals surface area contributed by atoms with Gasteiger partial charge in [-0.05, 0) is 36.6 Å². The Morgan fingerprint density at radius 1 is 1.13 bits per heavy atom. The lowest BCUT2D eigenvalue weighted by atomic mass is 10.2. The molecule has 2 aromatic rings. The summed E-state index contributed by atoms with van der Waals surface area (Å²) < 4.78 is 27.5. The van der Waals surface area contributed by atoms with Crippen molar-refractivity contribution in [1.82, 2.24) is 9.29 Å². The maximum Gasteiger partial charge on any atom is 0.244 e. The van der Waals surface area contributed by atoms with E-state index in [0.717, 1.165) is 28.1 Å². The molecule has 1 aliphatic heterocycles. The van der Waals surface area contributed by atoms with Crippen LogP contribution >= 0.6 is 27.7 Å². The van der Waals surface area contributed by atoms with Gasteiger partial charge < -0.3 is 0 Å². The Morgan fingerprint density at radius 2 is 1.87 bits per heavy atom. The summed E-state index contributed by atoms with van der Waals surface area (Å²) in [5, 5.41) is 0.820. The molecule has 0 atom stereocenters. The Balaban J connectivity index is 1.69. The first-order valence-electron chi connectivity index (χ1n) is 7.40. The Labute approximate surface area is 149 Å². The lowest BCUT2D eigenvalue weighted by molar-refractivity contribution is 0.477. The van der Waals surface area contributed by atoms with Crippen LogP contribution in [0.4, 0.5) is 0 Å². The minimum Gasteiger partial charge on any atom is -0.249 e. The van der Waals surface area contributed by atoms with Crippen LogP contribution in [0.2, 0.25) is 0 Å². The second kappa shape index (κ2) is 7.34. The average molecular weight is 413 g/mol. The molecular weight excluding hydrogens is 396 g/mol. The van der Waals surface area contributed by atoms with E-state index >= 15 is 0 Å². The summed E-state index contributed by atoms with van der Waals surface area (Å²) in [5.41, 5.74) is 1.19.